The van der Waals surface area contributed by atoms with Crippen LogP contribution >= 0.6 is 11.3 Å². The van der Waals surface area contributed by atoms with Gasteiger partial charge in [-0.25, -0.2) is 9.97 Å². The molecule has 3 rings (SSSR count). The topological polar surface area (TPSA) is 89.4 Å². The van der Waals surface area contributed by atoms with Crippen LogP contribution in [-0.4, -0.2) is 44.0 Å². The van der Waals surface area contributed by atoms with Crippen molar-refractivity contribution >= 4 is 28.7 Å². The highest BCUT2D eigenvalue weighted by Gasteiger charge is 2.16. The first-order chi connectivity index (χ1) is 10.6. The number of rotatable bonds is 3. The number of thiazole rings is 1. The number of amides is 1. The number of hydrogen-bond donors (Lipinski definition) is 1. The summed E-state index contributed by atoms with van der Waals surface area (Å²) in [6.45, 7) is 0.223. The molecule has 1 amide bonds. The van der Waals surface area contributed by atoms with Gasteiger partial charge in [-0.1, -0.05) is 5.92 Å². The minimum atomic E-state index is -0.217. The molecule has 0 unspecified atom stereocenters. The fourth-order valence-electron chi connectivity index (χ4n) is 1.99. The van der Waals surface area contributed by atoms with Crippen LogP contribution in [0, 0.1) is 12.3 Å². The molecule has 2 N–H and O–H groups in total. The first kappa shape index (κ1) is 14.0. The zero-order chi connectivity index (χ0) is 15.7. The fraction of sp³-hybridized carbons (Fsp3) is 0.143. The summed E-state index contributed by atoms with van der Waals surface area (Å²) in [7, 11) is 1.63. The fourth-order valence-corrected chi connectivity index (χ4v) is 2.55. The molecule has 7 nitrogen and oxygen atoms in total. The molecule has 3 aromatic heterocycles. The molecule has 0 bridgehead atoms. The van der Waals surface area contributed by atoms with Crippen LogP contribution in [0.15, 0.2) is 23.7 Å². The highest BCUT2D eigenvalue weighted by atomic mass is 32.1. The third-order valence-corrected chi connectivity index (χ3v) is 3.78. The number of hydrogen-bond acceptors (Lipinski definition) is 6. The second kappa shape index (κ2) is 5.46. The summed E-state index contributed by atoms with van der Waals surface area (Å²) in [6, 6.07) is 3.19. The number of carbonyl (C=O) groups is 1. The van der Waals surface area contributed by atoms with E-state index in [4.69, 9.17) is 12.2 Å². The monoisotopic (exact) mass is 312 g/mol. The molecular formula is C14H12N6OS. The van der Waals surface area contributed by atoms with Crippen molar-refractivity contribution in [1.82, 2.24) is 24.5 Å². The standard InChI is InChI=1S/C14H12N6OS/c1-3-5-19(2)14(21)9-7-10(15)20-11(8-9)17-12(18-20)13-16-4-6-22-13/h1,4,6-8H,5,15H2,2H3. The summed E-state index contributed by atoms with van der Waals surface area (Å²) in [4.78, 5) is 22.2. The number of carbonyl (C=O) groups excluding carboxylic acids is 1. The Morgan fingerprint density at radius 1 is 1.55 bits per heavy atom. The lowest BCUT2D eigenvalue weighted by Crippen LogP contribution is -2.27. The van der Waals surface area contributed by atoms with Gasteiger partial charge in [0.05, 0.1) is 6.54 Å². The Morgan fingerprint density at radius 2 is 2.36 bits per heavy atom. The molecule has 0 aliphatic carbocycles. The summed E-state index contributed by atoms with van der Waals surface area (Å²) < 4.78 is 1.48. The molecule has 0 fully saturated rings. The van der Waals surface area contributed by atoms with E-state index in [1.165, 1.54) is 20.8 Å². The number of aromatic nitrogens is 4. The van der Waals surface area contributed by atoms with Crippen molar-refractivity contribution in [3.8, 4) is 23.2 Å². The normalized spacial score (nSPS) is 10.5. The van der Waals surface area contributed by atoms with E-state index in [-0.39, 0.29) is 12.5 Å². The SMILES string of the molecule is C#CCN(C)C(=O)c1cc(N)n2nc(-c3nccs3)nc2c1. The van der Waals surface area contributed by atoms with Crippen LogP contribution in [0.3, 0.4) is 0 Å². The van der Waals surface area contributed by atoms with Gasteiger partial charge in [0.25, 0.3) is 5.91 Å². The number of nitrogens with zero attached hydrogens (tertiary/aromatic N) is 5. The van der Waals surface area contributed by atoms with Gasteiger partial charge in [-0.3, -0.25) is 4.79 Å². The number of terminal acetylenes is 1. The maximum Gasteiger partial charge on any atom is 0.254 e. The van der Waals surface area contributed by atoms with Gasteiger partial charge in [0, 0.05) is 24.2 Å². The van der Waals surface area contributed by atoms with E-state index < -0.39 is 0 Å². The van der Waals surface area contributed by atoms with Crippen molar-refractivity contribution in [2.24, 2.45) is 0 Å². The second-order valence-electron chi connectivity index (χ2n) is 4.58. The maximum absolute atomic E-state index is 12.3. The molecular weight excluding hydrogens is 300 g/mol. The van der Waals surface area contributed by atoms with Crippen molar-refractivity contribution < 1.29 is 4.79 Å². The van der Waals surface area contributed by atoms with E-state index in [9.17, 15) is 4.79 Å². The van der Waals surface area contributed by atoms with Gasteiger partial charge in [-0.05, 0) is 12.1 Å². The molecule has 0 saturated carbocycles. The Balaban J connectivity index is 2.05. The third-order valence-electron chi connectivity index (χ3n) is 3.01. The Bertz CT molecular complexity index is 877. The molecule has 0 saturated heterocycles. The summed E-state index contributed by atoms with van der Waals surface area (Å²) in [5.74, 6) is 3.01. The lowest BCUT2D eigenvalue weighted by molar-refractivity contribution is 0.0812. The first-order valence-corrected chi connectivity index (χ1v) is 7.23. The van der Waals surface area contributed by atoms with Crippen LogP contribution in [0.5, 0.6) is 0 Å². The summed E-state index contributed by atoms with van der Waals surface area (Å²) in [5, 5.41) is 6.84. The van der Waals surface area contributed by atoms with E-state index in [1.807, 2.05) is 5.38 Å². The number of fused-ring (bicyclic) bond motifs is 1. The van der Waals surface area contributed by atoms with Gasteiger partial charge in [0.15, 0.2) is 10.7 Å². The average Bonchev–Trinajstić information content (AvgIpc) is 3.15. The Morgan fingerprint density at radius 3 is 3.05 bits per heavy atom. The van der Waals surface area contributed by atoms with E-state index >= 15 is 0 Å². The quantitative estimate of drug-likeness (QED) is 0.733. The molecule has 0 radical (unpaired) electrons. The highest BCUT2D eigenvalue weighted by molar-refractivity contribution is 7.13. The Kier molecular flexibility index (Phi) is 3.48. The van der Waals surface area contributed by atoms with Crippen LogP contribution in [-0.2, 0) is 0 Å². The lowest BCUT2D eigenvalue weighted by Gasteiger charge is -2.14. The summed E-state index contributed by atoms with van der Waals surface area (Å²) >= 11 is 1.43. The molecule has 8 heteroatoms. The predicted octanol–water partition coefficient (Wildman–Crippen LogP) is 1.14. The second-order valence-corrected chi connectivity index (χ2v) is 5.47. The smallest absolute Gasteiger partial charge is 0.254 e. The van der Waals surface area contributed by atoms with Crippen LogP contribution in [0.25, 0.3) is 16.5 Å². The van der Waals surface area contributed by atoms with Gasteiger partial charge >= 0.3 is 0 Å². The Labute approximate surface area is 130 Å². The van der Waals surface area contributed by atoms with E-state index in [2.05, 4.69) is 21.0 Å². The molecule has 22 heavy (non-hydrogen) atoms. The van der Waals surface area contributed by atoms with E-state index in [0.29, 0.717) is 27.9 Å². The maximum atomic E-state index is 12.3. The van der Waals surface area contributed by atoms with Gasteiger partial charge < -0.3 is 10.6 Å². The van der Waals surface area contributed by atoms with Gasteiger partial charge in [0.2, 0.25) is 5.82 Å². The highest BCUT2D eigenvalue weighted by Crippen LogP contribution is 2.21. The van der Waals surface area contributed by atoms with Crippen LogP contribution < -0.4 is 5.73 Å². The molecule has 0 spiro atoms. The van der Waals surface area contributed by atoms with Crippen molar-refractivity contribution in [2.45, 2.75) is 0 Å². The zero-order valence-corrected chi connectivity index (χ0v) is 12.5. The van der Waals surface area contributed by atoms with Crippen molar-refractivity contribution in [2.75, 3.05) is 19.3 Å². The molecule has 0 aromatic carbocycles. The lowest BCUT2D eigenvalue weighted by atomic mass is 10.2. The van der Waals surface area contributed by atoms with Crippen LogP contribution in [0.4, 0.5) is 5.82 Å². The van der Waals surface area contributed by atoms with Crippen molar-refractivity contribution in [1.29, 1.82) is 0 Å². The largest absolute Gasteiger partial charge is 0.384 e. The molecule has 0 atom stereocenters. The predicted molar refractivity (Wildman–Crippen MR) is 84.3 cm³/mol. The minimum absolute atomic E-state index is 0.217. The molecule has 0 aliphatic rings. The first-order valence-electron chi connectivity index (χ1n) is 6.35. The summed E-state index contributed by atoms with van der Waals surface area (Å²) in [5.41, 5.74) is 6.87. The molecule has 3 aromatic rings. The van der Waals surface area contributed by atoms with Gasteiger partial charge in [-0.15, -0.1) is 22.9 Å². The van der Waals surface area contributed by atoms with E-state index in [1.54, 1.807) is 25.4 Å². The van der Waals surface area contributed by atoms with Crippen LogP contribution in [0.1, 0.15) is 10.4 Å². The van der Waals surface area contributed by atoms with E-state index in [0.717, 1.165) is 0 Å². The molecule has 0 aliphatic heterocycles. The summed E-state index contributed by atoms with van der Waals surface area (Å²) in [6.07, 6.45) is 6.90. The molecule has 3 heterocycles. The van der Waals surface area contributed by atoms with Gasteiger partial charge in [0.1, 0.15) is 5.82 Å². The molecule has 110 valence electrons. The average molecular weight is 312 g/mol. The number of pyridine rings is 1. The number of nitrogen functional groups attached to an aromatic ring is 1. The Hall–Kier alpha value is -2.92. The van der Waals surface area contributed by atoms with Gasteiger partial charge in [-0.2, -0.15) is 4.52 Å². The third kappa shape index (κ3) is 2.38. The number of nitrogens with two attached hydrogens (primary N) is 1. The van der Waals surface area contributed by atoms with Crippen molar-refractivity contribution in [3.63, 3.8) is 0 Å². The number of anilines is 1. The van der Waals surface area contributed by atoms with Crippen molar-refractivity contribution in [3.05, 3.63) is 29.3 Å². The van der Waals surface area contributed by atoms with Crippen LogP contribution in [0.2, 0.25) is 0 Å². The zero-order valence-electron chi connectivity index (χ0n) is 11.7. The minimum Gasteiger partial charge on any atom is -0.384 e.